The second kappa shape index (κ2) is 7.15. The number of carbonyl (C=O) groups excluding carboxylic acids is 2. The third-order valence-electron chi connectivity index (χ3n) is 2.27. The van der Waals surface area contributed by atoms with E-state index in [2.05, 4.69) is 15.3 Å². The van der Waals surface area contributed by atoms with Gasteiger partial charge in [-0.25, -0.2) is 10.2 Å². The SMILES string of the molecule is CCOC(=O)C(N)=NNC(=O)Cc1ccc(C)cc1. The van der Waals surface area contributed by atoms with E-state index in [0.717, 1.165) is 11.1 Å². The molecule has 0 aliphatic rings. The molecule has 102 valence electrons. The Morgan fingerprint density at radius 1 is 1.32 bits per heavy atom. The second-order valence-corrected chi connectivity index (χ2v) is 3.91. The van der Waals surface area contributed by atoms with Gasteiger partial charge in [0, 0.05) is 0 Å². The van der Waals surface area contributed by atoms with Crippen LogP contribution in [0.4, 0.5) is 0 Å². The number of benzene rings is 1. The van der Waals surface area contributed by atoms with Crippen LogP contribution in [-0.2, 0) is 20.7 Å². The Hall–Kier alpha value is -2.37. The highest BCUT2D eigenvalue weighted by Gasteiger charge is 2.08. The van der Waals surface area contributed by atoms with E-state index in [-0.39, 0.29) is 24.8 Å². The van der Waals surface area contributed by atoms with Crippen molar-refractivity contribution in [2.24, 2.45) is 10.8 Å². The largest absolute Gasteiger partial charge is 0.460 e. The molecule has 6 nitrogen and oxygen atoms in total. The Kier molecular flexibility index (Phi) is 5.53. The minimum absolute atomic E-state index is 0.167. The number of aryl methyl sites for hydroxylation is 1. The Bertz CT molecular complexity index is 480. The Balaban J connectivity index is 2.49. The molecule has 0 atom stereocenters. The molecule has 0 aliphatic carbocycles. The topological polar surface area (TPSA) is 93.8 Å². The molecule has 1 aromatic rings. The average molecular weight is 263 g/mol. The summed E-state index contributed by atoms with van der Waals surface area (Å²) in [6.07, 6.45) is 0.167. The van der Waals surface area contributed by atoms with Crippen molar-refractivity contribution in [1.29, 1.82) is 0 Å². The summed E-state index contributed by atoms with van der Waals surface area (Å²) >= 11 is 0. The summed E-state index contributed by atoms with van der Waals surface area (Å²) in [4.78, 5) is 22.7. The highest BCUT2D eigenvalue weighted by atomic mass is 16.5. The molecule has 0 aliphatic heterocycles. The number of ether oxygens (including phenoxy) is 1. The Morgan fingerprint density at radius 3 is 2.53 bits per heavy atom. The molecule has 0 unspecified atom stereocenters. The lowest BCUT2D eigenvalue weighted by Gasteiger charge is -2.03. The van der Waals surface area contributed by atoms with Gasteiger partial charge < -0.3 is 10.5 Å². The standard InChI is InChI=1S/C13H17N3O3/c1-3-19-13(18)12(14)16-15-11(17)8-10-6-4-9(2)5-7-10/h4-7H,3,8H2,1-2H3,(H2,14,16)(H,15,17). The third kappa shape index (κ3) is 5.20. The van der Waals surface area contributed by atoms with Gasteiger partial charge in [-0.1, -0.05) is 29.8 Å². The van der Waals surface area contributed by atoms with E-state index >= 15 is 0 Å². The fraction of sp³-hybridized carbons (Fsp3) is 0.308. The molecule has 19 heavy (non-hydrogen) atoms. The van der Waals surface area contributed by atoms with Gasteiger partial charge in [-0.2, -0.15) is 0 Å². The first kappa shape index (κ1) is 14.7. The van der Waals surface area contributed by atoms with Crippen LogP contribution in [0.15, 0.2) is 29.4 Å². The van der Waals surface area contributed by atoms with E-state index in [9.17, 15) is 9.59 Å². The molecule has 0 saturated carbocycles. The third-order valence-corrected chi connectivity index (χ3v) is 2.27. The first-order chi connectivity index (χ1) is 9.02. The van der Waals surface area contributed by atoms with Gasteiger partial charge >= 0.3 is 5.97 Å². The van der Waals surface area contributed by atoms with Crippen LogP contribution in [-0.4, -0.2) is 24.3 Å². The van der Waals surface area contributed by atoms with E-state index in [1.165, 1.54) is 0 Å². The number of carbonyl (C=O) groups is 2. The molecular formula is C13H17N3O3. The summed E-state index contributed by atoms with van der Waals surface area (Å²) in [7, 11) is 0. The number of hydrogen-bond donors (Lipinski definition) is 2. The van der Waals surface area contributed by atoms with E-state index in [1.54, 1.807) is 6.92 Å². The molecule has 1 rings (SSSR count). The average Bonchev–Trinajstić information content (AvgIpc) is 2.39. The molecular weight excluding hydrogens is 246 g/mol. The van der Waals surface area contributed by atoms with Crippen molar-refractivity contribution >= 4 is 17.7 Å². The maximum absolute atomic E-state index is 11.6. The normalized spacial score (nSPS) is 10.9. The molecule has 0 spiro atoms. The molecule has 0 aromatic heterocycles. The highest BCUT2D eigenvalue weighted by Crippen LogP contribution is 2.03. The monoisotopic (exact) mass is 263 g/mol. The summed E-state index contributed by atoms with van der Waals surface area (Å²) in [5.74, 6) is -1.48. The number of hydrogen-bond acceptors (Lipinski definition) is 4. The minimum Gasteiger partial charge on any atom is -0.460 e. The predicted molar refractivity (Wildman–Crippen MR) is 71.3 cm³/mol. The molecule has 0 saturated heterocycles. The minimum atomic E-state index is -0.752. The summed E-state index contributed by atoms with van der Waals surface area (Å²) in [5.41, 5.74) is 9.51. The smallest absolute Gasteiger partial charge is 0.375 e. The zero-order valence-corrected chi connectivity index (χ0v) is 11.0. The fourth-order valence-corrected chi connectivity index (χ4v) is 1.30. The molecule has 1 aromatic carbocycles. The molecule has 0 fully saturated rings. The number of amides is 1. The van der Waals surface area contributed by atoms with Crippen LogP contribution in [0.5, 0.6) is 0 Å². The lowest BCUT2D eigenvalue weighted by Crippen LogP contribution is -2.31. The van der Waals surface area contributed by atoms with Gasteiger partial charge in [-0.3, -0.25) is 4.79 Å². The van der Waals surface area contributed by atoms with Crippen molar-refractivity contribution in [1.82, 2.24) is 5.43 Å². The number of hydrazone groups is 1. The van der Waals surface area contributed by atoms with Crippen molar-refractivity contribution < 1.29 is 14.3 Å². The summed E-state index contributed by atoms with van der Waals surface area (Å²) in [6.45, 7) is 3.82. The molecule has 0 bridgehead atoms. The van der Waals surface area contributed by atoms with Crippen LogP contribution in [0.2, 0.25) is 0 Å². The van der Waals surface area contributed by atoms with Crippen LogP contribution in [0.3, 0.4) is 0 Å². The van der Waals surface area contributed by atoms with Crippen molar-refractivity contribution in [2.75, 3.05) is 6.61 Å². The summed E-state index contributed by atoms with van der Waals surface area (Å²) in [5, 5.41) is 3.48. The van der Waals surface area contributed by atoms with Gasteiger partial charge in [0.25, 0.3) is 0 Å². The van der Waals surface area contributed by atoms with Crippen molar-refractivity contribution in [2.45, 2.75) is 20.3 Å². The van der Waals surface area contributed by atoms with Crippen LogP contribution in [0, 0.1) is 6.92 Å². The first-order valence-electron chi connectivity index (χ1n) is 5.87. The lowest BCUT2D eigenvalue weighted by atomic mass is 10.1. The zero-order valence-electron chi connectivity index (χ0n) is 11.0. The predicted octanol–water partition coefficient (Wildman–Crippen LogP) is 0.489. The Morgan fingerprint density at radius 2 is 1.95 bits per heavy atom. The summed E-state index contributed by atoms with van der Waals surface area (Å²) in [6, 6.07) is 7.54. The number of amidine groups is 1. The van der Waals surface area contributed by atoms with Crippen molar-refractivity contribution in [3.63, 3.8) is 0 Å². The number of rotatable bonds is 4. The lowest BCUT2D eigenvalue weighted by molar-refractivity contribution is -0.135. The van der Waals surface area contributed by atoms with Crippen LogP contribution < -0.4 is 11.2 Å². The van der Waals surface area contributed by atoms with Crippen LogP contribution in [0.1, 0.15) is 18.1 Å². The number of nitrogens with two attached hydrogens (primary N) is 1. The molecule has 0 radical (unpaired) electrons. The van der Waals surface area contributed by atoms with E-state index < -0.39 is 5.97 Å². The van der Waals surface area contributed by atoms with Gasteiger partial charge in [-0.05, 0) is 19.4 Å². The summed E-state index contributed by atoms with van der Waals surface area (Å²) < 4.78 is 4.62. The maximum atomic E-state index is 11.6. The second-order valence-electron chi connectivity index (χ2n) is 3.91. The maximum Gasteiger partial charge on any atom is 0.375 e. The number of nitrogens with one attached hydrogen (secondary N) is 1. The Labute approximate surface area is 111 Å². The van der Waals surface area contributed by atoms with Gasteiger partial charge in [0.05, 0.1) is 13.0 Å². The van der Waals surface area contributed by atoms with Gasteiger partial charge in [0.2, 0.25) is 11.7 Å². The highest BCUT2D eigenvalue weighted by molar-refractivity contribution is 6.34. The fourth-order valence-electron chi connectivity index (χ4n) is 1.30. The van der Waals surface area contributed by atoms with Crippen LogP contribution in [0.25, 0.3) is 0 Å². The number of nitrogens with zero attached hydrogens (tertiary/aromatic N) is 1. The first-order valence-corrected chi connectivity index (χ1v) is 5.87. The van der Waals surface area contributed by atoms with Gasteiger partial charge in [-0.15, -0.1) is 5.10 Å². The van der Waals surface area contributed by atoms with Crippen LogP contribution >= 0.6 is 0 Å². The van der Waals surface area contributed by atoms with E-state index in [0.29, 0.717) is 0 Å². The van der Waals surface area contributed by atoms with E-state index in [1.807, 2.05) is 31.2 Å². The van der Waals surface area contributed by atoms with E-state index in [4.69, 9.17) is 5.73 Å². The quantitative estimate of drug-likeness (QED) is 0.358. The van der Waals surface area contributed by atoms with Gasteiger partial charge in [0.1, 0.15) is 0 Å². The molecule has 3 N–H and O–H groups in total. The molecule has 1 amide bonds. The zero-order chi connectivity index (χ0) is 14.3. The number of esters is 1. The molecule has 6 heteroatoms. The van der Waals surface area contributed by atoms with Crippen molar-refractivity contribution in [3.05, 3.63) is 35.4 Å². The van der Waals surface area contributed by atoms with Crippen molar-refractivity contribution in [3.8, 4) is 0 Å². The molecule has 0 heterocycles. The van der Waals surface area contributed by atoms with Gasteiger partial charge in [0.15, 0.2) is 0 Å².